The van der Waals surface area contributed by atoms with Gasteiger partial charge in [-0.15, -0.1) is 0 Å². The van der Waals surface area contributed by atoms with Crippen LogP contribution < -0.4 is 5.32 Å². The minimum absolute atomic E-state index is 0.170. The monoisotopic (exact) mass is 371 g/mol. The van der Waals surface area contributed by atoms with Crippen LogP contribution in [0, 0.1) is 10.1 Å². The lowest BCUT2D eigenvalue weighted by Crippen LogP contribution is -2.53. The van der Waals surface area contributed by atoms with Crippen LogP contribution in [0.2, 0.25) is 0 Å². The van der Waals surface area contributed by atoms with Crippen molar-refractivity contribution in [2.75, 3.05) is 52.6 Å². The average Bonchev–Trinajstić information content (AvgIpc) is 2.60. The number of nitro benzene ring substituents is 1. The molecule has 10 nitrogen and oxygen atoms in total. The Labute approximate surface area is 146 Å². The first-order valence-electron chi connectivity index (χ1n) is 7.61. The molecular weight excluding hydrogens is 350 g/mol. The Kier molecular flexibility index (Phi) is 5.60. The molecule has 0 bridgehead atoms. The molecule has 0 atom stereocenters. The highest BCUT2D eigenvalue weighted by Gasteiger charge is 2.31. The predicted octanol–water partition coefficient (Wildman–Crippen LogP) is 0.201. The molecule has 1 aliphatic rings. The van der Waals surface area contributed by atoms with E-state index in [0.29, 0.717) is 5.69 Å². The lowest BCUT2D eigenvalue weighted by molar-refractivity contribution is -0.384. The van der Waals surface area contributed by atoms with E-state index in [1.165, 1.54) is 41.5 Å². The summed E-state index contributed by atoms with van der Waals surface area (Å²) in [6.07, 6.45) is 0. The summed E-state index contributed by atoms with van der Waals surface area (Å²) < 4.78 is 26.7. The summed E-state index contributed by atoms with van der Waals surface area (Å²) in [5.74, 6) is -0.366. The van der Waals surface area contributed by atoms with Crippen molar-refractivity contribution in [3.8, 4) is 0 Å². The molecule has 138 valence electrons. The fraction of sp³-hybridized carbons (Fsp3) is 0.500. The van der Waals surface area contributed by atoms with E-state index in [4.69, 9.17) is 0 Å². The molecule has 1 fully saturated rings. The van der Waals surface area contributed by atoms with Crippen LogP contribution in [-0.4, -0.2) is 80.1 Å². The summed E-state index contributed by atoms with van der Waals surface area (Å²) in [4.78, 5) is 24.6. The van der Waals surface area contributed by atoms with Gasteiger partial charge in [-0.05, 0) is 6.07 Å². The molecule has 1 heterocycles. The Morgan fingerprint density at radius 1 is 1.24 bits per heavy atom. The maximum Gasteiger partial charge on any atom is 0.281 e. The van der Waals surface area contributed by atoms with Crippen LogP contribution in [0.3, 0.4) is 0 Å². The minimum atomic E-state index is -3.52. The molecule has 0 saturated carbocycles. The predicted molar refractivity (Wildman–Crippen MR) is 92.7 cm³/mol. The van der Waals surface area contributed by atoms with Crippen molar-refractivity contribution in [3.05, 3.63) is 33.9 Å². The van der Waals surface area contributed by atoms with Crippen LogP contribution in [0.25, 0.3) is 0 Å². The van der Waals surface area contributed by atoms with Crippen molar-refractivity contribution < 1.29 is 18.1 Å². The fourth-order valence-corrected chi connectivity index (χ4v) is 3.65. The highest BCUT2D eigenvalue weighted by molar-refractivity contribution is 7.86. The van der Waals surface area contributed by atoms with Gasteiger partial charge in [0.25, 0.3) is 21.8 Å². The summed E-state index contributed by atoms with van der Waals surface area (Å²) in [7, 11) is 1.01. The van der Waals surface area contributed by atoms with E-state index < -0.39 is 15.1 Å². The summed E-state index contributed by atoms with van der Waals surface area (Å²) in [6.45, 7) is 0.793. The summed E-state index contributed by atoms with van der Waals surface area (Å²) in [5, 5.41) is 13.8. The smallest absolute Gasteiger partial charge is 0.281 e. The van der Waals surface area contributed by atoms with Gasteiger partial charge in [-0.25, -0.2) is 0 Å². The second kappa shape index (κ2) is 7.33. The van der Waals surface area contributed by atoms with E-state index in [2.05, 4.69) is 5.32 Å². The van der Waals surface area contributed by atoms with Gasteiger partial charge in [-0.3, -0.25) is 14.9 Å². The summed E-state index contributed by atoms with van der Waals surface area (Å²) >= 11 is 0. The third-order valence-corrected chi connectivity index (χ3v) is 5.97. The number of rotatable bonds is 5. The molecule has 1 N–H and O–H groups in total. The van der Waals surface area contributed by atoms with Crippen LogP contribution in [0.1, 0.15) is 10.4 Å². The first kappa shape index (κ1) is 19.1. The first-order chi connectivity index (χ1) is 11.7. The van der Waals surface area contributed by atoms with Gasteiger partial charge in [0.15, 0.2) is 0 Å². The van der Waals surface area contributed by atoms with Crippen molar-refractivity contribution in [3.63, 3.8) is 0 Å². The van der Waals surface area contributed by atoms with Gasteiger partial charge in [0.2, 0.25) is 0 Å². The zero-order valence-electron chi connectivity index (χ0n) is 14.3. The van der Waals surface area contributed by atoms with E-state index >= 15 is 0 Å². The van der Waals surface area contributed by atoms with Gasteiger partial charge in [0.05, 0.1) is 10.5 Å². The minimum Gasteiger partial charge on any atom is -0.387 e. The van der Waals surface area contributed by atoms with E-state index in [1.54, 1.807) is 7.05 Å². The zero-order chi connectivity index (χ0) is 18.8. The molecule has 0 aliphatic carbocycles. The number of anilines is 1. The van der Waals surface area contributed by atoms with Crippen molar-refractivity contribution >= 4 is 27.5 Å². The van der Waals surface area contributed by atoms with Crippen LogP contribution in [-0.2, 0) is 10.2 Å². The molecule has 0 radical (unpaired) electrons. The van der Waals surface area contributed by atoms with Gasteiger partial charge in [0.1, 0.15) is 0 Å². The third-order valence-electron chi connectivity index (χ3n) is 4.03. The van der Waals surface area contributed by atoms with Crippen molar-refractivity contribution in [1.82, 2.24) is 13.5 Å². The lowest BCUT2D eigenvalue weighted by atomic mass is 10.1. The van der Waals surface area contributed by atoms with Gasteiger partial charge in [0, 0.05) is 65.1 Å². The number of hydrogen-bond acceptors (Lipinski definition) is 6. The molecule has 1 aliphatic heterocycles. The number of nitrogens with one attached hydrogen (secondary N) is 1. The molecule has 1 amide bonds. The Morgan fingerprint density at radius 3 is 2.32 bits per heavy atom. The van der Waals surface area contributed by atoms with E-state index in [-0.39, 0.29) is 43.3 Å². The van der Waals surface area contributed by atoms with Crippen LogP contribution >= 0.6 is 0 Å². The van der Waals surface area contributed by atoms with Gasteiger partial charge < -0.3 is 10.2 Å². The third kappa shape index (κ3) is 3.89. The second-order valence-corrected chi connectivity index (χ2v) is 7.86. The topological polar surface area (TPSA) is 116 Å². The number of carbonyl (C=O) groups excluding carboxylic acids is 1. The Morgan fingerprint density at radius 2 is 1.84 bits per heavy atom. The Balaban J connectivity index is 2.18. The number of carbonyl (C=O) groups is 1. The van der Waals surface area contributed by atoms with Crippen LogP contribution in [0.15, 0.2) is 18.2 Å². The van der Waals surface area contributed by atoms with E-state index in [1.807, 2.05) is 0 Å². The van der Waals surface area contributed by atoms with E-state index in [9.17, 15) is 23.3 Å². The summed E-state index contributed by atoms with van der Waals surface area (Å²) in [6, 6.07) is 4.04. The first-order valence-corrected chi connectivity index (χ1v) is 9.01. The molecule has 1 saturated heterocycles. The number of non-ortho nitro benzene ring substituents is 1. The van der Waals surface area contributed by atoms with E-state index in [0.717, 1.165) is 4.31 Å². The number of benzene rings is 1. The van der Waals surface area contributed by atoms with Gasteiger partial charge in [-0.2, -0.15) is 17.0 Å². The largest absolute Gasteiger partial charge is 0.387 e. The molecule has 25 heavy (non-hydrogen) atoms. The molecule has 1 aromatic rings. The molecule has 0 spiro atoms. The highest BCUT2D eigenvalue weighted by atomic mass is 32.2. The summed E-state index contributed by atoms with van der Waals surface area (Å²) in [5.41, 5.74) is 0.510. The highest BCUT2D eigenvalue weighted by Crippen LogP contribution is 2.24. The maximum absolute atomic E-state index is 12.7. The SMILES string of the molecule is CNc1ccc([N+](=O)[O-])cc1C(=O)N1CCN(S(=O)(=O)N(C)C)CC1. The quantitative estimate of drug-likeness (QED) is 0.584. The zero-order valence-corrected chi connectivity index (χ0v) is 15.1. The Bertz CT molecular complexity index is 772. The van der Waals surface area contributed by atoms with Crippen molar-refractivity contribution in [1.29, 1.82) is 0 Å². The molecule has 1 aromatic carbocycles. The maximum atomic E-state index is 12.7. The molecule has 2 rings (SSSR count). The number of piperazine rings is 1. The number of hydrogen-bond donors (Lipinski definition) is 1. The number of nitrogens with zero attached hydrogens (tertiary/aromatic N) is 4. The average molecular weight is 371 g/mol. The number of amides is 1. The number of nitro groups is 1. The molecule has 0 aromatic heterocycles. The lowest BCUT2D eigenvalue weighted by Gasteiger charge is -2.35. The van der Waals surface area contributed by atoms with Crippen molar-refractivity contribution in [2.45, 2.75) is 0 Å². The normalized spacial score (nSPS) is 16.1. The Hall–Kier alpha value is -2.24. The van der Waals surface area contributed by atoms with Crippen LogP contribution in [0.5, 0.6) is 0 Å². The fourth-order valence-electron chi connectivity index (χ4n) is 2.56. The van der Waals surface area contributed by atoms with Crippen LogP contribution in [0.4, 0.5) is 11.4 Å². The molecular formula is C14H21N5O5S. The molecule has 11 heteroatoms. The van der Waals surface area contributed by atoms with Gasteiger partial charge in [-0.1, -0.05) is 0 Å². The standard InChI is InChI=1S/C14H21N5O5S/c1-15-13-5-4-11(19(21)22)10-12(13)14(20)17-6-8-18(9-7-17)25(23,24)16(2)3/h4-5,10,15H,6-9H2,1-3H3. The molecule has 0 unspecified atom stereocenters. The second-order valence-electron chi connectivity index (χ2n) is 5.72. The van der Waals surface area contributed by atoms with Gasteiger partial charge >= 0.3 is 0 Å². The van der Waals surface area contributed by atoms with Crippen molar-refractivity contribution in [2.24, 2.45) is 0 Å².